The number of allylic oxidation sites excluding steroid dienone is 32. The smallest absolute Gasteiger partial charge is 0.463 e. The van der Waals surface area contributed by atoms with Crippen molar-refractivity contribution in [3.8, 4) is 0 Å². The van der Waals surface area contributed by atoms with Gasteiger partial charge in [0.1, 0.15) is 25.4 Å². The van der Waals surface area contributed by atoms with Gasteiger partial charge in [0.05, 0.1) is 26.4 Å². The van der Waals surface area contributed by atoms with Gasteiger partial charge in [0, 0.05) is 19.3 Å². The van der Waals surface area contributed by atoms with Crippen molar-refractivity contribution in [2.75, 3.05) is 39.6 Å². The van der Waals surface area contributed by atoms with E-state index in [1.54, 1.807) is 0 Å². The van der Waals surface area contributed by atoms with Crippen LogP contribution in [0.25, 0.3) is 0 Å². The third-order valence-electron chi connectivity index (χ3n) is 18.3. The number of ether oxygens (including phenoxy) is 3. The summed E-state index contributed by atoms with van der Waals surface area (Å²) >= 11 is 0. The Morgan fingerprint density at radius 1 is 0.243 bits per heavy atom. The summed E-state index contributed by atoms with van der Waals surface area (Å²) in [5.74, 6) is -1.63. The Bertz CT molecular complexity index is 2870. The highest BCUT2D eigenvalue weighted by Crippen LogP contribution is 2.45. The number of unbranched alkanes of at least 4 members (excludes halogenated alkanes) is 28. The molecule has 0 rings (SSSR count). The average Bonchev–Trinajstić information content (AvgIpc) is 0.902. The second kappa shape index (κ2) is 87.7. The van der Waals surface area contributed by atoms with Crippen molar-refractivity contribution in [1.82, 2.24) is 0 Å². The summed E-state index contributed by atoms with van der Waals surface area (Å²) in [5, 5.41) is 20.7. The van der Waals surface area contributed by atoms with Crippen LogP contribution < -0.4 is 0 Å². The predicted molar refractivity (Wildman–Crippen MR) is 481 cm³/mol. The molecule has 0 bridgehead atoms. The van der Waals surface area contributed by atoms with Crippen LogP contribution in [0.3, 0.4) is 0 Å². The first-order valence-corrected chi connectivity index (χ1v) is 47.7. The fraction of sp³-hybridized carbons (Fsp3) is 0.639. The molecule has 0 spiro atoms. The molecule has 0 aromatic rings. The molecule has 0 saturated carbocycles. The molecule has 0 aliphatic heterocycles. The molecule has 5 unspecified atom stereocenters. The van der Waals surface area contributed by atoms with Gasteiger partial charge in [-0.05, 0) is 161 Å². The van der Waals surface area contributed by atoms with E-state index in [0.29, 0.717) is 19.3 Å². The molecule has 18 heteroatoms. The summed E-state index contributed by atoms with van der Waals surface area (Å²) in [6.07, 6.45) is 116. The maximum Gasteiger partial charge on any atom is 0.472 e. The molecule has 0 aromatic carbocycles. The summed E-state index contributed by atoms with van der Waals surface area (Å²) in [4.78, 5) is 58.9. The minimum Gasteiger partial charge on any atom is -0.463 e. The largest absolute Gasteiger partial charge is 0.472 e. The molecule has 4 N–H and O–H groups in total. The van der Waals surface area contributed by atoms with E-state index in [1.165, 1.54) is 96.3 Å². The van der Waals surface area contributed by atoms with Gasteiger partial charge < -0.3 is 34.2 Å². The van der Waals surface area contributed by atoms with Crippen LogP contribution in [-0.4, -0.2) is 95.9 Å². The molecule has 16 nitrogen and oxygen atoms in total. The molecule has 0 heterocycles. The second-order valence-corrected chi connectivity index (χ2v) is 32.2. The fourth-order valence-corrected chi connectivity index (χ4v) is 13.2. The lowest BCUT2D eigenvalue weighted by Gasteiger charge is -2.21. The number of rotatable bonds is 83. The maximum atomic E-state index is 13.0. The summed E-state index contributed by atoms with van der Waals surface area (Å²) in [6.45, 7) is 2.31. The van der Waals surface area contributed by atoms with Gasteiger partial charge in [0.25, 0.3) is 0 Å². The van der Waals surface area contributed by atoms with E-state index >= 15 is 0 Å². The number of phosphoric acid groups is 2. The van der Waals surface area contributed by atoms with Crippen molar-refractivity contribution in [3.63, 3.8) is 0 Å². The molecule has 5 atom stereocenters. The van der Waals surface area contributed by atoms with Crippen LogP contribution in [0.15, 0.2) is 194 Å². The molecule has 0 aliphatic carbocycles. The Morgan fingerprint density at radius 2 is 0.435 bits per heavy atom. The minimum atomic E-state index is -4.96. The van der Waals surface area contributed by atoms with Gasteiger partial charge in [-0.3, -0.25) is 32.5 Å². The zero-order chi connectivity index (χ0) is 83.6. The van der Waals surface area contributed by atoms with Crippen LogP contribution in [0, 0.1) is 0 Å². The lowest BCUT2D eigenvalue weighted by Crippen LogP contribution is -2.30. The van der Waals surface area contributed by atoms with Crippen molar-refractivity contribution >= 4 is 33.6 Å². The minimum absolute atomic E-state index is 0.0568. The van der Waals surface area contributed by atoms with Gasteiger partial charge in [-0.1, -0.05) is 356 Å². The van der Waals surface area contributed by atoms with E-state index in [2.05, 4.69) is 215 Å². The molecule has 0 radical (unpaired) electrons. The van der Waals surface area contributed by atoms with Crippen molar-refractivity contribution in [2.24, 2.45) is 0 Å². The van der Waals surface area contributed by atoms with E-state index in [-0.39, 0.29) is 19.3 Å². The Kier molecular flexibility index (Phi) is 83.4. The zero-order valence-electron chi connectivity index (χ0n) is 71.9. The number of phosphoric ester groups is 2. The Morgan fingerprint density at radius 3 is 0.696 bits per heavy atom. The third kappa shape index (κ3) is 89.0. The Balaban J connectivity index is 4.58. The SMILES string of the molecule is CC/C=C\C/C=C\C/C=C\C/C=C\C/C=C\C/C=C\CCCCCCCCCCC(=O)OCC(COP(=O)(O)OCC(O)COP(=O)(O)OCC(O)COC(=O)CCCCCCCCCCCCCCCCCCC/C=C\C/C=C\C/C=C\C/C=C\C/C=C\CC)OC(=O)CCCCC/C=C\C/C=C\C/C=C\C/C=C\C/C=C\CC. The number of carbonyl (C=O) groups excluding carboxylic acids is 3. The standard InChI is InChI=1S/C97H160O16P2/c1-4-7-10-13-16-19-22-25-28-31-34-36-38-40-42-43-44-45-46-47-49-51-52-54-57-59-62-65-68-71-74-77-80-83-95(100)107-86-92(98)87-109-114(103,104)110-88-93(99)89-111-115(105,106)112-91-94(113-97(102)85-82-79-76-73-70-67-64-61-56-33-30-27-24-21-18-15-12-9-6-3)90-108-96(101)84-81-78-75-72-69-66-63-60-58-55-53-50-48-41-39-37-35-32-29-26-23-20-17-14-11-8-5-2/h7-12,16-21,25-30,34-37,40-42,48,53,55-56,61,67,70,92-94,98-99H,4-6,13-15,22-24,31-33,38-39,43-47,49-52,54,57-60,62-66,68-69,71-91H2,1-3H3,(H,103,104)(H,105,106)/b10-7-,11-8-,12-9-,19-16-,20-17-,21-18-,28-25-,29-26-,30-27-,36-34-,37-35-,42-40-,48-41-,55-53-,61-56-,70-67-. The van der Waals surface area contributed by atoms with Crippen molar-refractivity contribution in [1.29, 1.82) is 0 Å². The molecular formula is C97H160O16P2. The van der Waals surface area contributed by atoms with Crippen LogP contribution in [-0.2, 0) is 55.8 Å². The lowest BCUT2D eigenvalue weighted by molar-refractivity contribution is -0.161. The molecular weight excluding hydrogens is 1480 g/mol. The normalized spacial score (nSPS) is 14.7. The highest BCUT2D eigenvalue weighted by atomic mass is 31.2. The van der Waals surface area contributed by atoms with Crippen molar-refractivity contribution in [2.45, 2.75) is 360 Å². The summed E-state index contributed by atoms with van der Waals surface area (Å²) in [7, 11) is -9.83. The number of aliphatic hydroxyl groups excluding tert-OH is 2. The van der Waals surface area contributed by atoms with Gasteiger partial charge in [-0.25, -0.2) is 9.13 Å². The van der Waals surface area contributed by atoms with Crippen LogP contribution >= 0.6 is 15.6 Å². The first kappa shape index (κ1) is 109. The van der Waals surface area contributed by atoms with E-state index in [9.17, 15) is 43.5 Å². The predicted octanol–water partition coefficient (Wildman–Crippen LogP) is 27.4. The van der Waals surface area contributed by atoms with Crippen LogP contribution in [0.1, 0.15) is 342 Å². The molecule has 654 valence electrons. The topological polar surface area (TPSA) is 231 Å². The monoisotopic (exact) mass is 1640 g/mol. The highest BCUT2D eigenvalue weighted by molar-refractivity contribution is 7.47. The van der Waals surface area contributed by atoms with E-state index in [1.807, 2.05) is 0 Å². The Labute approximate surface area is 699 Å². The Hall–Kier alpha value is -5.61. The van der Waals surface area contributed by atoms with Gasteiger partial charge in [-0.2, -0.15) is 0 Å². The number of hydrogen-bond donors (Lipinski definition) is 4. The number of hydrogen-bond acceptors (Lipinski definition) is 14. The van der Waals surface area contributed by atoms with Gasteiger partial charge in [0.2, 0.25) is 0 Å². The highest BCUT2D eigenvalue weighted by Gasteiger charge is 2.29. The summed E-state index contributed by atoms with van der Waals surface area (Å²) < 4.78 is 61.4. The molecule has 115 heavy (non-hydrogen) atoms. The first-order valence-electron chi connectivity index (χ1n) is 44.7. The van der Waals surface area contributed by atoms with Gasteiger partial charge >= 0.3 is 33.6 Å². The van der Waals surface area contributed by atoms with Crippen molar-refractivity contribution in [3.05, 3.63) is 194 Å². The second-order valence-electron chi connectivity index (χ2n) is 29.3. The lowest BCUT2D eigenvalue weighted by atomic mass is 10.0. The van der Waals surface area contributed by atoms with Crippen LogP contribution in [0.4, 0.5) is 0 Å². The van der Waals surface area contributed by atoms with E-state index < -0.39 is 91.5 Å². The maximum absolute atomic E-state index is 13.0. The quantitative estimate of drug-likeness (QED) is 0.0146. The van der Waals surface area contributed by atoms with Crippen molar-refractivity contribution < 1.29 is 75.8 Å². The molecule has 0 saturated heterocycles. The molecule has 0 aliphatic rings. The summed E-state index contributed by atoms with van der Waals surface area (Å²) in [6, 6.07) is 0. The molecule has 0 fully saturated rings. The number of aliphatic hydroxyl groups is 2. The fourth-order valence-electron chi connectivity index (χ4n) is 11.6. The van der Waals surface area contributed by atoms with E-state index in [0.717, 1.165) is 186 Å². The van der Waals surface area contributed by atoms with E-state index in [4.69, 9.17) is 32.3 Å². The number of carbonyl (C=O) groups is 3. The number of esters is 3. The molecule has 0 amide bonds. The third-order valence-corrected chi connectivity index (χ3v) is 20.2. The first-order chi connectivity index (χ1) is 56.2. The van der Waals surface area contributed by atoms with Gasteiger partial charge in [0.15, 0.2) is 6.10 Å². The summed E-state index contributed by atoms with van der Waals surface area (Å²) in [5.41, 5.74) is 0. The van der Waals surface area contributed by atoms with Crippen LogP contribution in [0.5, 0.6) is 0 Å². The van der Waals surface area contributed by atoms with Gasteiger partial charge in [-0.15, -0.1) is 0 Å². The van der Waals surface area contributed by atoms with Crippen LogP contribution in [0.2, 0.25) is 0 Å². The zero-order valence-corrected chi connectivity index (χ0v) is 73.7. The average molecular weight is 1640 g/mol. The molecule has 0 aromatic heterocycles.